The summed E-state index contributed by atoms with van der Waals surface area (Å²) in [6.45, 7) is 4.23. The standard InChI is InChI=1S/C12H14O2S/c1-3-11(13)9-7-5-6-8-10(9)12(15)14-4-2/h5-8H,3-4H2,1-2H3. The lowest BCUT2D eigenvalue weighted by atomic mass is 10.0. The van der Waals surface area contributed by atoms with Crippen LogP contribution in [0, 0.1) is 0 Å². The Morgan fingerprint density at radius 2 is 1.87 bits per heavy atom. The van der Waals surface area contributed by atoms with E-state index in [1.54, 1.807) is 6.07 Å². The van der Waals surface area contributed by atoms with Crippen LogP contribution in [0.5, 0.6) is 0 Å². The molecule has 0 atom stereocenters. The van der Waals surface area contributed by atoms with Crippen LogP contribution in [0.25, 0.3) is 0 Å². The average molecular weight is 222 g/mol. The maximum Gasteiger partial charge on any atom is 0.191 e. The van der Waals surface area contributed by atoms with Crippen molar-refractivity contribution in [2.75, 3.05) is 6.61 Å². The number of hydrogen-bond acceptors (Lipinski definition) is 3. The summed E-state index contributed by atoms with van der Waals surface area (Å²) in [5.41, 5.74) is 1.37. The molecule has 15 heavy (non-hydrogen) atoms. The molecule has 0 aliphatic heterocycles. The average Bonchev–Trinajstić information content (AvgIpc) is 2.28. The van der Waals surface area contributed by atoms with Gasteiger partial charge in [-0.25, -0.2) is 0 Å². The Bertz CT molecular complexity index is 372. The molecule has 0 radical (unpaired) electrons. The summed E-state index contributed by atoms with van der Waals surface area (Å²) >= 11 is 5.10. The van der Waals surface area contributed by atoms with Crippen molar-refractivity contribution < 1.29 is 9.53 Å². The summed E-state index contributed by atoms with van der Waals surface area (Å²) in [5.74, 6) is 0.0904. The first-order valence-electron chi connectivity index (χ1n) is 5.00. The van der Waals surface area contributed by atoms with Crippen molar-refractivity contribution in [2.24, 2.45) is 0 Å². The number of ether oxygens (including phenoxy) is 1. The third kappa shape index (κ3) is 2.86. The molecule has 0 saturated carbocycles. The SMILES string of the molecule is CCOC(=S)c1ccccc1C(=O)CC. The number of carbonyl (C=O) groups is 1. The third-order valence-corrected chi connectivity index (χ3v) is 2.38. The Balaban J connectivity index is 3.06. The molecule has 3 heteroatoms. The van der Waals surface area contributed by atoms with E-state index in [4.69, 9.17) is 17.0 Å². The van der Waals surface area contributed by atoms with Gasteiger partial charge in [0.2, 0.25) is 0 Å². The van der Waals surface area contributed by atoms with Crippen LogP contribution in [0.2, 0.25) is 0 Å². The van der Waals surface area contributed by atoms with E-state index in [0.717, 1.165) is 5.56 Å². The van der Waals surface area contributed by atoms with Crippen LogP contribution in [0.3, 0.4) is 0 Å². The molecule has 0 N–H and O–H groups in total. The molecule has 0 saturated heterocycles. The van der Waals surface area contributed by atoms with E-state index in [1.807, 2.05) is 32.0 Å². The molecule has 0 aliphatic rings. The molecule has 0 bridgehead atoms. The number of benzene rings is 1. The van der Waals surface area contributed by atoms with Gasteiger partial charge < -0.3 is 4.74 Å². The molecule has 0 fully saturated rings. The number of thiocarbonyl (C=S) groups is 1. The normalized spacial score (nSPS) is 9.73. The summed E-state index contributed by atoms with van der Waals surface area (Å²) in [4.78, 5) is 11.6. The zero-order valence-corrected chi connectivity index (χ0v) is 9.76. The minimum atomic E-state index is 0.0904. The summed E-state index contributed by atoms with van der Waals surface area (Å²) in [6, 6.07) is 7.29. The molecule has 0 heterocycles. The second-order valence-corrected chi connectivity index (χ2v) is 3.41. The first kappa shape index (κ1) is 11.9. The second kappa shape index (κ2) is 5.61. The van der Waals surface area contributed by atoms with Gasteiger partial charge in [0.15, 0.2) is 10.8 Å². The van der Waals surface area contributed by atoms with Crippen LogP contribution >= 0.6 is 12.2 Å². The van der Waals surface area contributed by atoms with Crippen molar-refractivity contribution in [3.63, 3.8) is 0 Å². The van der Waals surface area contributed by atoms with Crippen molar-refractivity contribution in [1.82, 2.24) is 0 Å². The maximum absolute atomic E-state index is 11.6. The third-order valence-electron chi connectivity index (χ3n) is 2.04. The van der Waals surface area contributed by atoms with Gasteiger partial charge in [-0.15, -0.1) is 0 Å². The highest BCUT2D eigenvalue weighted by Crippen LogP contribution is 2.13. The van der Waals surface area contributed by atoms with Gasteiger partial charge in [-0.1, -0.05) is 25.1 Å². The van der Waals surface area contributed by atoms with E-state index >= 15 is 0 Å². The lowest BCUT2D eigenvalue weighted by Crippen LogP contribution is -2.10. The molecule has 0 aliphatic carbocycles. The topological polar surface area (TPSA) is 26.3 Å². The molecule has 0 spiro atoms. The molecule has 80 valence electrons. The van der Waals surface area contributed by atoms with Gasteiger partial charge in [-0.2, -0.15) is 0 Å². The molecular weight excluding hydrogens is 208 g/mol. The number of ketones is 1. The molecule has 0 aromatic heterocycles. The first-order chi connectivity index (χ1) is 7.20. The minimum absolute atomic E-state index is 0.0904. The zero-order valence-electron chi connectivity index (χ0n) is 8.95. The Labute approximate surface area is 95.3 Å². The minimum Gasteiger partial charge on any atom is -0.483 e. The smallest absolute Gasteiger partial charge is 0.191 e. The molecule has 1 aromatic rings. The van der Waals surface area contributed by atoms with Crippen molar-refractivity contribution in [1.29, 1.82) is 0 Å². The van der Waals surface area contributed by atoms with Gasteiger partial charge >= 0.3 is 0 Å². The van der Waals surface area contributed by atoms with E-state index in [9.17, 15) is 4.79 Å². The van der Waals surface area contributed by atoms with Crippen LogP contribution in [0.1, 0.15) is 36.2 Å². The number of Topliss-reactive ketones (excluding diaryl/α,β-unsaturated/α-hetero) is 1. The maximum atomic E-state index is 11.6. The van der Waals surface area contributed by atoms with E-state index in [1.165, 1.54) is 0 Å². The molecule has 0 unspecified atom stereocenters. The zero-order chi connectivity index (χ0) is 11.3. The lowest BCUT2D eigenvalue weighted by molar-refractivity contribution is 0.0987. The Hall–Kier alpha value is -1.22. The summed E-state index contributed by atoms with van der Waals surface area (Å²) in [7, 11) is 0. The molecule has 2 nitrogen and oxygen atoms in total. The molecular formula is C12H14O2S. The van der Waals surface area contributed by atoms with Gasteiger partial charge in [0.1, 0.15) is 0 Å². The van der Waals surface area contributed by atoms with E-state index in [2.05, 4.69) is 0 Å². The van der Waals surface area contributed by atoms with Gasteiger partial charge in [0, 0.05) is 17.5 Å². The van der Waals surface area contributed by atoms with Crippen molar-refractivity contribution in [3.05, 3.63) is 35.4 Å². The number of hydrogen-bond donors (Lipinski definition) is 0. The fourth-order valence-corrected chi connectivity index (χ4v) is 1.60. The van der Waals surface area contributed by atoms with Gasteiger partial charge in [0.05, 0.1) is 6.61 Å². The van der Waals surface area contributed by atoms with Crippen LogP contribution in [-0.4, -0.2) is 17.4 Å². The molecule has 1 aromatic carbocycles. The van der Waals surface area contributed by atoms with Crippen molar-refractivity contribution in [3.8, 4) is 0 Å². The largest absolute Gasteiger partial charge is 0.483 e. The fraction of sp³-hybridized carbons (Fsp3) is 0.333. The Morgan fingerprint density at radius 1 is 1.27 bits per heavy atom. The van der Waals surface area contributed by atoms with Crippen LogP contribution in [0.4, 0.5) is 0 Å². The highest BCUT2D eigenvalue weighted by atomic mass is 32.1. The van der Waals surface area contributed by atoms with Gasteiger partial charge in [-0.05, 0) is 25.2 Å². The summed E-state index contributed by atoms with van der Waals surface area (Å²) < 4.78 is 5.24. The first-order valence-corrected chi connectivity index (χ1v) is 5.40. The second-order valence-electron chi connectivity index (χ2n) is 3.04. The number of rotatable bonds is 4. The quantitative estimate of drug-likeness (QED) is 0.578. The van der Waals surface area contributed by atoms with E-state index in [-0.39, 0.29) is 5.78 Å². The molecule has 0 amide bonds. The van der Waals surface area contributed by atoms with Gasteiger partial charge in [0.25, 0.3) is 0 Å². The number of carbonyl (C=O) groups excluding carboxylic acids is 1. The van der Waals surface area contributed by atoms with Crippen LogP contribution in [-0.2, 0) is 4.74 Å². The predicted octanol–water partition coefficient (Wildman–Crippen LogP) is 2.99. The van der Waals surface area contributed by atoms with Crippen molar-refractivity contribution in [2.45, 2.75) is 20.3 Å². The highest BCUT2D eigenvalue weighted by Gasteiger charge is 2.12. The Morgan fingerprint density at radius 3 is 2.40 bits per heavy atom. The lowest BCUT2D eigenvalue weighted by Gasteiger charge is -2.09. The molecule has 1 rings (SSSR count). The van der Waals surface area contributed by atoms with E-state index in [0.29, 0.717) is 23.6 Å². The van der Waals surface area contributed by atoms with Crippen molar-refractivity contribution >= 4 is 23.1 Å². The van der Waals surface area contributed by atoms with E-state index < -0.39 is 0 Å². The van der Waals surface area contributed by atoms with Crippen LogP contribution < -0.4 is 0 Å². The van der Waals surface area contributed by atoms with Crippen LogP contribution in [0.15, 0.2) is 24.3 Å². The predicted molar refractivity (Wildman–Crippen MR) is 64.4 cm³/mol. The highest BCUT2D eigenvalue weighted by molar-refractivity contribution is 7.80. The summed E-state index contributed by atoms with van der Waals surface area (Å²) in [6.07, 6.45) is 0.478. The monoisotopic (exact) mass is 222 g/mol. The fourth-order valence-electron chi connectivity index (χ4n) is 1.30. The summed E-state index contributed by atoms with van der Waals surface area (Å²) in [5, 5.41) is 0.398. The van der Waals surface area contributed by atoms with Gasteiger partial charge in [-0.3, -0.25) is 4.79 Å². The Kier molecular flexibility index (Phi) is 4.43.